The molecule has 2 heterocycles. The number of carbonyl (C=O) groups is 1. The molecule has 0 aliphatic carbocycles. The topological polar surface area (TPSA) is 82.8 Å². The van der Waals surface area contributed by atoms with Gasteiger partial charge in [0.25, 0.3) is 5.79 Å². The number of aliphatic carboxylic acids is 1. The minimum Gasteiger partial charge on any atom is -0.487 e. The van der Waals surface area contributed by atoms with Gasteiger partial charge in [-0.3, -0.25) is 0 Å². The van der Waals surface area contributed by atoms with Crippen molar-refractivity contribution in [2.75, 3.05) is 13.2 Å². The maximum Gasteiger partial charge on any atom is 0.364 e. The minimum absolute atomic E-state index is 0.0687. The highest BCUT2D eigenvalue weighted by atomic mass is 16.7. The average Bonchev–Trinajstić information content (AvgIpc) is 3.25. The van der Waals surface area contributed by atoms with Crippen LogP contribution in [0.4, 0.5) is 0 Å². The van der Waals surface area contributed by atoms with Crippen LogP contribution in [0.5, 0.6) is 5.75 Å². The number of hydrogen-bond acceptors (Lipinski definition) is 5. The first-order chi connectivity index (χ1) is 16.5. The van der Waals surface area contributed by atoms with Crippen molar-refractivity contribution in [3.8, 4) is 11.4 Å². The van der Waals surface area contributed by atoms with Crippen LogP contribution in [0.25, 0.3) is 5.69 Å². The molecule has 0 spiro atoms. The summed E-state index contributed by atoms with van der Waals surface area (Å²) in [5.74, 6) is -1.77. The van der Waals surface area contributed by atoms with E-state index < -0.39 is 11.8 Å². The first-order valence-corrected chi connectivity index (χ1v) is 11.9. The normalized spacial score (nSPS) is 20.5. The summed E-state index contributed by atoms with van der Waals surface area (Å²) in [4.78, 5) is 11.2. The lowest BCUT2D eigenvalue weighted by Gasteiger charge is -2.34. The highest BCUT2D eigenvalue weighted by Gasteiger charge is 2.40. The largest absolute Gasteiger partial charge is 0.487 e. The second-order valence-corrected chi connectivity index (χ2v) is 10.4. The van der Waals surface area contributed by atoms with E-state index in [9.17, 15) is 9.90 Å². The zero-order chi connectivity index (χ0) is 25.2. The predicted octanol–water partition coefficient (Wildman–Crippen LogP) is 5.06. The molecular weight excluding hydrogens is 444 g/mol. The van der Waals surface area contributed by atoms with Crippen LogP contribution < -0.4 is 4.74 Å². The second-order valence-electron chi connectivity index (χ2n) is 10.4. The molecule has 1 aromatic heterocycles. The van der Waals surface area contributed by atoms with E-state index >= 15 is 0 Å². The van der Waals surface area contributed by atoms with Crippen molar-refractivity contribution in [1.29, 1.82) is 0 Å². The van der Waals surface area contributed by atoms with Gasteiger partial charge in [0.05, 0.1) is 30.3 Å². The summed E-state index contributed by atoms with van der Waals surface area (Å²) in [5, 5.41) is 14.1. The summed E-state index contributed by atoms with van der Waals surface area (Å²) in [6.07, 6.45) is 0.741. The Bertz CT molecular complexity index is 1150. The van der Waals surface area contributed by atoms with E-state index in [1.165, 1.54) is 12.5 Å². The third kappa shape index (κ3) is 5.92. The minimum atomic E-state index is -1.55. The molecule has 0 unspecified atom stereocenters. The van der Waals surface area contributed by atoms with E-state index in [4.69, 9.17) is 19.3 Å². The quantitative estimate of drug-likeness (QED) is 0.511. The Morgan fingerprint density at radius 1 is 1.11 bits per heavy atom. The zero-order valence-corrected chi connectivity index (χ0v) is 21.1. The molecule has 186 valence electrons. The molecule has 4 rings (SSSR count). The van der Waals surface area contributed by atoms with Gasteiger partial charge in [-0.15, -0.1) is 0 Å². The number of hydrogen-bond donors (Lipinski definition) is 1. The molecule has 0 bridgehead atoms. The molecule has 0 amide bonds. The van der Waals surface area contributed by atoms with Gasteiger partial charge in [-0.2, -0.15) is 5.10 Å². The zero-order valence-electron chi connectivity index (χ0n) is 21.1. The van der Waals surface area contributed by atoms with Gasteiger partial charge in [0.15, 0.2) is 0 Å². The standard InChI is InChI=1S/C28H34N2O5/c1-19-6-10-22(11-7-19)30-23(15-25(29-30)27(2,3)4)18-33-24-12-8-20(9-13-24)14-21-16-34-28(5,26(31)32)35-17-21/h6-13,15,21H,14,16-18H2,1-5H3,(H,31,32). The van der Waals surface area contributed by atoms with Crippen LogP contribution >= 0.6 is 0 Å². The number of carboxylic acids is 1. The Hall–Kier alpha value is -3.16. The Morgan fingerprint density at radius 2 is 1.74 bits per heavy atom. The van der Waals surface area contributed by atoms with Gasteiger partial charge in [-0.1, -0.05) is 50.6 Å². The molecule has 0 atom stereocenters. The van der Waals surface area contributed by atoms with Crippen molar-refractivity contribution >= 4 is 5.97 Å². The van der Waals surface area contributed by atoms with E-state index in [1.54, 1.807) is 0 Å². The van der Waals surface area contributed by atoms with Crippen LogP contribution in [0.2, 0.25) is 0 Å². The van der Waals surface area contributed by atoms with E-state index in [0.29, 0.717) is 19.8 Å². The third-order valence-corrected chi connectivity index (χ3v) is 6.24. The molecule has 7 heteroatoms. The number of aryl methyl sites for hydroxylation is 1. The number of aromatic nitrogens is 2. The predicted molar refractivity (Wildman–Crippen MR) is 133 cm³/mol. The van der Waals surface area contributed by atoms with Gasteiger partial charge < -0.3 is 19.3 Å². The molecule has 2 aromatic carbocycles. The lowest BCUT2D eigenvalue weighted by Crippen LogP contribution is -2.48. The maximum absolute atomic E-state index is 11.2. The molecule has 35 heavy (non-hydrogen) atoms. The van der Waals surface area contributed by atoms with Gasteiger partial charge in [0.2, 0.25) is 0 Å². The van der Waals surface area contributed by atoms with Crippen LogP contribution in [0.1, 0.15) is 50.2 Å². The fourth-order valence-corrected chi connectivity index (χ4v) is 3.90. The van der Waals surface area contributed by atoms with Crippen LogP contribution in [0, 0.1) is 12.8 Å². The van der Waals surface area contributed by atoms with Crippen molar-refractivity contribution in [3.05, 3.63) is 77.1 Å². The molecule has 3 aromatic rings. The molecule has 1 aliphatic heterocycles. The van der Waals surface area contributed by atoms with E-state index in [1.807, 2.05) is 28.9 Å². The van der Waals surface area contributed by atoms with Crippen molar-refractivity contribution in [3.63, 3.8) is 0 Å². The maximum atomic E-state index is 11.2. The fraction of sp³-hybridized carbons (Fsp3) is 0.429. The highest BCUT2D eigenvalue weighted by Crippen LogP contribution is 2.26. The summed E-state index contributed by atoms with van der Waals surface area (Å²) < 4.78 is 19.0. The Balaban J connectivity index is 1.40. The van der Waals surface area contributed by atoms with Crippen molar-refractivity contribution in [2.24, 2.45) is 5.92 Å². The molecule has 1 fully saturated rings. The van der Waals surface area contributed by atoms with Crippen LogP contribution in [-0.4, -0.2) is 39.9 Å². The van der Waals surface area contributed by atoms with E-state index in [-0.39, 0.29) is 11.3 Å². The number of carboxylic acid groups (broad SMARTS) is 1. The highest BCUT2D eigenvalue weighted by molar-refractivity contribution is 5.75. The van der Waals surface area contributed by atoms with Gasteiger partial charge in [0.1, 0.15) is 12.4 Å². The first-order valence-electron chi connectivity index (χ1n) is 11.9. The molecule has 0 saturated carbocycles. The summed E-state index contributed by atoms with van der Waals surface area (Å²) in [6.45, 7) is 11.1. The number of benzene rings is 2. The SMILES string of the molecule is Cc1ccc(-n2nc(C(C)(C)C)cc2COc2ccc(CC3COC(C)(C(=O)O)OC3)cc2)cc1. The Kier molecular flexibility index (Phi) is 7.01. The summed E-state index contributed by atoms with van der Waals surface area (Å²) in [5.41, 5.74) is 5.27. The molecule has 0 radical (unpaired) electrons. The van der Waals surface area contributed by atoms with Crippen LogP contribution in [0.15, 0.2) is 54.6 Å². The Morgan fingerprint density at radius 3 is 2.31 bits per heavy atom. The number of rotatable bonds is 7. The monoisotopic (exact) mass is 478 g/mol. The van der Waals surface area contributed by atoms with Gasteiger partial charge in [-0.05, 0) is 49.2 Å². The summed E-state index contributed by atoms with van der Waals surface area (Å²) >= 11 is 0. The van der Waals surface area contributed by atoms with Crippen molar-refractivity contribution in [1.82, 2.24) is 9.78 Å². The second kappa shape index (κ2) is 9.84. The fourth-order valence-electron chi connectivity index (χ4n) is 3.90. The lowest BCUT2D eigenvalue weighted by atomic mass is 9.92. The third-order valence-electron chi connectivity index (χ3n) is 6.24. The number of ether oxygens (including phenoxy) is 3. The van der Waals surface area contributed by atoms with Crippen LogP contribution in [-0.2, 0) is 32.7 Å². The summed E-state index contributed by atoms with van der Waals surface area (Å²) in [6, 6.07) is 18.4. The molecule has 7 nitrogen and oxygen atoms in total. The van der Waals surface area contributed by atoms with Gasteiger partial charge in [-0.25, -0.2) is 9.48 Å². The first kappa shape index (κ1) is 24.9. The molecule has 1 saturated heterocycles. The Labute approximate surface area is 206 Å². The molecular formula is C28H34N2O5. The van der Waals surface area contributed by atoms with E-state index in [2.05, 4.69) is 58.0 Å². The number of nitrogens with zero attached hydrogens (tertiary/aromatic N) is 2. The molecule has 1 aliphatic rings. The van der Waals surface area contributed by atoms with Crippen molar-refractivity contribution < 1.29 is 24.1 Å². The lowest BCUT2D eigenvalue weighted by molar-refractivity contribution is -0.270. The van der Waals surface area contributed by atoms with Gasteiger partial charge in [0, 0.05) is 18.3 Å². The van der Waals surface area contributed by atoms with E-state index in [0.717, 1.165) is 34.8 Å². The molecule has 1 N–H and O–H groups in total. The van der Waals surface area contributed by atoms with Crippen LogP contribution in [0.3, 0.4) is 0 Å². The average molecular weight is 479 g/mol. The smallest absolute Gasteiger partial charge is 0.364 e. The van der Waals surface area contributed by atoms with Gasteiger partial charge >= 0.3 is 5.97 Å². The summed E-state index contributed by atoms with van der Waals surface area (Å²) in [7, 11) is 0. The van der Waals surface area contributed by atoms with Crippen molar-refractivity contribution in [2.45, 2.75) is 58.8 Å².